The number of aryl methyl sites for hydroxylation is 1. The van der Waals surface area contributed by atoms with Gasteiger partial charge in [-0.3, -0.25) is 15.0 Å². The van der Waals surface area contributed by atoms with E-state index in [2.05, 4.69) is 17.1 Å². The van der Waals surface area contributed by atoms with Crippen molar-refractivity contribution in [3.05, 3.63) is 33.9 Å². The molecule has 1 aliphatic heterocycles. The predicted molar refractivity (Wildman–Crippen MR) is 78.2 cm³/mol. The number of benzene rings is 1. The molecule has 2 rings (SSSR count). The molecular formula is C14H21N3O3. The Morgan fingerprint density at radius 1 is 1.55 bits per heavy atom. The molecule has 1 fully saturated rings. The number of nitrogens with zero attached hydrogens (tertiary/aromatic N) is 2. The molecule has 6 nitrogen and oxygen atoms in total. The molecule has 0 bridgehead atoms. The van der Waals surface area contributed by atoms with Gasteiger partial charge in [0.05, 0.1) is 17.6 Å². The molecule has 1 aliphatic rings. The van der Waals surface area contributed by atoms with Gasteiger partial charge in [-0.25, -0.2) is 0 Å². The van der Waals surface area contributed by atoms with Crippen LogP contribution in [0.25, 0.3) is 0 Å². The second kappa shape index (κ2) is 6.67. The lowest BCUT2D eigenvalue weighted by molar-refractivity contribution is -0.385. The van der Waals surface area contributed by atoms with Crippen LogP contribution in [0.4, 0.5) is 11.4 Å². The van der Waals surface area contributed by atoms with Crippen LogP contribution in [0.15, 0.2) is 18.2 Å². The fourth-order valence-electron chi connectivity index (χ4n) is 2.39. The van der Waals surface area contributed by atoms with E-state index in [1.807, 2.05) is 0 Å². The zero-order valence-corrected chi connectivity index (χ0v) is 12.0. The van der Waals surface area contributed by atoms with Crippen LogP contribution < -0.4 is 5.32 Å². The summed E-state index contributed by atoms with van der Waals surface area (Å²) < 4.78 is 5.71. The largest absolute Gasteiger partial charge is 0.382 e. The first-order valence-electron chi connectivity index (χ1n) is 6.93. The summed E-state index contributed by atoms with van der Waals surface area (Å²) in [5, 5.41) is 14.1. The molecule has 0 amide bonds. The summed E-state index contributed by atoms with van der Waals surface area (Å²) in [5.74, 6) is 0. The molecule has 1 aromatic carbocycles. The van der Waals surface area contributed by atoms with Gasteiger partial charge in [0.2, 0.25) is 0 Å². The molecule has 1 aromatic rings. The Balaban J connectivity index is 1.91. The molecule has 0 aliphatic carbocycles. The minimum absolute atomic E-state index is 0.154. The number of nitro groups is 1. The van der Waals surface area contributed by atoms with Crippen LogP contribution in [0.2, 0.25) is 0 Å². The molecule has 20 heavy (non-hydrogen) atoms. The summed E-state index contributed by atoms with van der Waals surface area (Å²) in [4.78, 5) is 12.8. The van der Waals surface area contributed by atoms with Crippen LogP contribution in [0.3, 0.4) is 0 Å². The van der Waals surface area contributed by atoms with Gasteiger partial charge in [0.1, 0.15) is 0 Å². The second-order valence-corrected chi connectivity index (χ2v) is 5.03. The number of hydrogen-bond donors (Lipinski definition) is 1. The number of anilines is 1. The number of morpholine rings is 1. The van der Waals surface area contributed by atoms with Crippen molar-refractivity contribution < 1.29 is 9.66 Å². The van der Waals surface area contributed by atoms with Crippen molar-refractivity contribution >= 4 is 11.4 Å². The normalized spacial score (nSPS) is 19.8. The molecule has 0 saturated carbocycles. The van der Waals surface area contributed by atoms with Crippen molar-refractivity contribution in [2.24, 2.45) is 0 Å². The number of nitrogens with one attached hydrogen (secondary N) is 1. The maximum atomic E-state index is 10.8. The maximum absolute atomic E-state index is 10.8. The Bertz CT molecular complexity index is 479. The van der Waals surface area contributed by atoms with Crippen molar-refractivity contribution in [3.8, 4) is 0 Å². The van der Waals surface area contributed by atoms with Crippen molar-refractivity contribution in [1.82, 2.24) is 4.90 Å². The first-order valence-corrected chi connectivity index (χ1v) is 6.93. The molecule has 1 unspecified atom stereocenters. The summed E-state index contributed by atoms with van der Waals surface area (Å²) in [6.45, 7) is 8.33. The van der Waals surface area contributed by atoms with Gasteiger partial charge in [-0.1, -0.05) is 6.92 Å². The van der Waals surface area contributed by atoms with E-state index in [0.717, 1.165) is 31.9 Å². The minimum Gasteiger partial charge on any atom is -0.382 e. The average Bonchev–Trinajstić information content (AvgIpc) is 2.45. The van der Waals surface area contributed by atoms with E-state index in [9.17, 15) is 10.1 Å². The van der Waals surface area contributed by atoms with Crippen LogP contribution in [0.5, 0.6) is 0 Å². The van der Waals surface area contributed by atoms with E-state index in [-0.39, 0.29) is 16.7 Å². The van der Waals surface area contributed by atoms with Crippen LogP contribution in [0, 0.1) is 17.0 Å². The summed E-state index contributed by atoms with van der Waals surface area (Å²) in [5.41, 5.74) is 1.71. The monoisotopic (exact) mass is 279 g/mol. The Morgan fingerprint density at radius 3 is 3.00 bits per heavy atom. The fourth-order valence-corrected chi connectivity index (χ4v) is 2.39. The lowest BCUT2D eigenvalue weighted by atomic mass is 10.1. The number of nitro benzene ring substituents is 1. The van der Waals surface area contributed by atoms with E-state index < -0.39 is 0 Å². The zero-order chi connectivity index (χ0) is 14.5. The maximum Gasteiger partial charge on any atom is 0.272 e. The number of likely N-dealkylation sites (N-methyl/N-ethyl adjacent to an activating group) is 1. The third kappa shape index (κ3) is 3.68. The highest BCUT2D eigenvalue weighted by Crippen LogP contribution is 2.21. The summed E-state index contributed by atoms with van der Waals surface area (Å²) in [6, 6.07) is 5.09. The zero-order valence-electron chi connectivity index (χ0n) is 12.0. The highest BCUT2D eigenvalue weighted by Gasteiger charge is 2.19. The van der Waals surface area contributed by atoms with Gasteiger partial charge in [-0.15, -0.1) is 0 Å². The molecular weight excluding hydrogens is 258 g/mol. The average molecular weight is 279 g/mol. The molecule has 1 N–H and O–H groups in total. The first-order chi connectivity index (χ1) is 9.60. The van der Waals surface area contributed by atoms with Crippen LogP contribution in [-0.2, 0) is 4.74 Å². The molecule has 0 spiro atoms. The van der Waals surface area contributed by atoms with Crippen molar-refractivity contribution in [2.75, 3.05) is 38.1 Å². The van der Waals surface area contributed by atoms with Crippen LogP contribution >= 0.6 is 0 Å². The first kappa shape index (κ1) is 14.7. The number of ether oxygens (including phenoxy) is 1. The van der Waals surface area contributed by atoms with Crippen molar-refractivity contribution in [1.29, 1.82) is 0 Å². The third-order valence-corrected chi connectivity index (χ3v) is 3.60. The summed E-state index contributed by atoms with van der Waals surface area (Å²) in [6.07, 6.45) is 0.166. The number of hydrogen-bond acceptors (Lipinski definition) is 5. The Labute approximate surface area is 118 Å². The topological polar surface area (TPSA) is 67.6 Å². The SMILES string of the molecule is CCN1CCOC(CNc2ccc([N+](=O)[O-])c(C)c2)C1. The van der Waals surface area contributed by atoms with E-state index in [1.165, 1.54) is 6.07 Å². The molecule has 1 saturated heterocycles. The fraction of sp³-hybridized carbons (Fsp3) is 0.571. The molecule has 1 atom stereocenters. The molecule has 110 valence electrons. The Kier molecular flexibility index (Phi) is 4.92. The molecule has 6 heteroatoms. The van der Waals surface area contributed by atoms with Gasteiger partial charge in [-0.05, 0) is 25.6 Å². The predicted octanol–water partition coefficient (Wildman–Crippen LogP) is 2.04. The summed E-state index contributed by atoms with van der Waals surface area (Å²) >= 11 is 0. The lowest BCUT2D eigenvalue weighted by Gasteiger charge is -2.32. The Morgan fingerprint density at radius 2 is 2.35 bits per heavy atom. The van der Waals surface area contributed by atoms with E-state index >= 15 is 0 Å². The van der Waals surface area contributed by atoms with Crippen LogP contribution in [0.1, 0.15) is 12.5 Å². The molecule has 1 heterocycles. The highest BCUT2D eigenvalue weighted by atomic mass is 16.6. The minimum atomic E-state index is -0.359. The van der Waals surface area contributed by atoms with Crippen molar-refractivity contribution in [2.45, 2.75) is 20.0 Å². The standard InChI is InChI=1S/C14H21N3O3/c1-3-16-6-7-20-13(10-16)9-15-12-4-5-14(17(18)19)11(2)8-12/h4-5,8,13,15H,3,6-7,9-10H2,1-2H3. The van der Waals surface area contributed by atoms with Gasteiger partial charge in [0, 0.05) is 37.0 Å². The van der Waals surface area contributed by atoms with Gasteiger partial charge < -0.3 is 10.1 Å². The van der Waals surface area contributed by atoms with E-state index in [4.69, 9.17) is 4.74 Å². The van der Waals surface area contributed by atoms with E-state index in [0.29, 0.717) is 12.1 Å². The summed E-state index contributed by atoms with van der Waals surface area (Å²) in [7, 11) is 0. The van der Waals surface area contributed by atoms with E-state index in [1.54, 1.807) is 19.1 Å². The third-order valence-electron chi connectivity index (χ3n) is 3.60. The number of rotatable bonds is 5. The Hall–Kier alpha value is -1.66. The highest BCUT2D eigenvalue weighted by molar-refractivity contribution is 5.53. The van der Waals surface area contributed by atoms with Gasteiger partial charge in [0.25, 0.3) is 5.69 Å². The second-order valence-electron chi connectivity index (χ2n) is 5.03. The van der Waals surface area contributed by atoms with Gasteiger partial charge >= 0.3 is 0 Å². The van der Waals surface area contributed by atoms with Gasteiger partial charge in [0.15, 0.2) is 0 Å². The lowest BCUT2D eigenvalue weighted by Crippen LogP contribution is -2.45. The van der Waals surface area contributed by atoms with Gasteiger partial charge in [-0.2, -0.15) is 0 Å². The van der Waals surface area contributed by atoms with Crippen molar-refractivity contribution in [3.63, 3.8) is 0 Å². The van der Waals surface area contributed by atoms with Crippen LogP contribution in [-0.4, -0.2) is 48.7 Å². The smallest absolute Gasteiger partial charge is 0.272 e. The quantitative estimate of drug-likeness (QED) is 0.660. The molecule has 0 radical (unpaired) electrons. The molecule has 0 aromatic heterocycles.